The molecule has 3 aromatic rings. The van der Waals surface area contributed by atoms with E-state index < -0.39 is 0 Å². The van der Waals surface area contributed by atoms with E-state index in [0.717, 1.165) is 41.4 Å². The first-order chi connectivity index (χ1) is 13.1. The maximum absolute atomic E-state index is 12.4. The lowest BCUT2D eigenvalue weighted by Gasteiger charge is -2.14. The average Bonchev–Trinajstić information content (AvgIpc) is 3.15. The molecule has 7 heteroatoms. The van der Waals surface area contributed by atoms with Gasteiger partial charge in [-0.25, -0.2) is 0 Å². The largest absolute Gasteiger partial charge is 0.507 e. The quantitative estimate of drug-likeness (QED) is 0.592. The Bertz CT molecular complexity index is 917. The van der Waals surface area contributed by atoms with E-state index in [2.05, 4.69) is 29.4 Å². The molecule has 0 radical (unpaired) electrons. The molecule has 0 fully saturated rings. The highest BCUT2D eigenvalue weighted by Crippen LogP contribution is 2.29. The van der Waals surface area contributed by atoms with Crippen LogP contribution in [0.1, 0.15) is 25.0 Å². The highest BCUT2D eigenvalue weighted by Gasteiger charge is 2.15. The number of phenolic OH excluding ortho intramolecular Hbond substituents is 1. The number of hydrogen-bond donors (Lipinski definition) is 2. The minimum absolute atomic E-state index is 0.0683. The Morgan fingerprint density at radius 3 is 2.44 bits per heavy atom. The van der Waals surface area contributed by atoms with Crippen LogP contribution in [0.3, 0.4) is 0 Å². The molecule has 1 heterocycles. The number of nitrogens with zero attached hydrogens (tertiary/aromatic N) is 2. The lowest BCUT2D eigenvalue weighted by molar-refractivity contribution is -0.113. The highest BCUT2D eigenvalue weighted by atomic mass is 32.2. The maximum Gasteiger partial charge on any atom is 0.277 e. The molecule has 1 amide bonds. The molecule has 0 aliphatic carbocycles. The predicted octanol–water partition coefficient (Wildman–Crippen LogP) is 4.30. The van der Waals surface area contributed by atoms with Gasteiger partial charge in [-0.15, -0.1) is 10.2 Å². The number of aromatic hydroxyl groups is 1. The van der Waals surface area contributed by atoms with Gasteiger partial charge in [-0.2, -0.15) is 0 Å². The molecule has 27 heavy (non-hydrogen) atoms. The molecule has 0 saturated heterocycles. The molecular formula is C20H21N3O3S. The SMILES string of the molecule is CCc1cccc(CC)c1NC(=O)CSc1nnc(-c2ccccc2O)o1. The normalized spacial score (nSPS) is 10.7. The summed E-state index contributed by atoms with van der Waals surface area (Å²) < 4.78 is 5.54. The zero-order valence-corrected chi connectivity index (χ0v) is 16.0. The van der Waals surface area contributed by atoms with Gasteiger partial charge in [-0.1, -0.05) is 55.9 Å². The Morgan fingerprint density at radius 1 is 1.07 bits per heavy atom. The van der Waals surface area contributed by atoms with Crippen LogP contribution in [0.5, 0.6) is 5.75 Å². The summed E-state index contributed by atoms with van der Waals surface area (Å²) in [6.45, 7) is 4.14. The summed E-state index contributed by atoms with van der Waals surface area (Å²) in [7, 11) is 0. The van der Waals surface area contributed by atoms with Crippen LogP contribution < -0.4 is 5.32 Å². The van der Waals surface area contributed by atoms with Crippen LogP contribution in [-0.4, -0.2) is 27.0 Å². The molecule has 0 spiro atoms. The number of para-hydroxylation sites is 2. The fraction of sp³-hybridized carbons (Fsp3) is 0.250. The smallest absolute Gasteiger partial charge is 0.277 e. The van der Waals surface area contributed by atoms with E-state index in [1.165, 1.54) is 0 Å². The summed E-state index contributed by atoms with van der Waals surface area (Å²) >= 11 is 1.16. The van der Waals surface area contributed by atoms with Crippen molar-refractivity contribution in [1.82, 2.24) is 10.2 Å². The fourth-order valence-electron chi connectivity index (χ4n) is 2.74. The summed E-state index contributed by atoms with van der Waals surface area (Å²) in [6, 6.07) is 12.8. The van der Waals surface area contributed by atoms with Crippen LogP contribution >= 0.6 is 11.8 Å². The summed E-state index contributed by atoms with van der Waals surface area (Å²) in [6.07, 6.45) is 1.70. The van der Waals surface area contributed by atoms with Crippen molar-refractivity contribution in [3.8, 4) is 17.2 Å². The number of carbonyl (C=O) groups is 1. The number of aromatic nitrogens is 2. The van der Waals surface area contributed by atoms with E-state index in [1.54, 1.807) is 24.3 Å². The second kappa shape index (κ2) is 8.73. The van der Waals surface area contributed by atoms with Gasteiger partial charge in [0.05, 0.1) is 11.3 Å². The van der Waals surface area contributed by atoms with Crippen molar-refractivity contribution < 1.29 is 14.3 Å². The molecule has 1 aromatic heterocycles. The van der Waals surface area contributed by atoms with Gasteiger partial charge in [-0.05, 0) is 36.1 Å². The van der Waals surface area contributed by atoms with Gasteiger partial charge in [0.2, 0.25) is 5.91 Å². The zero-order valence-electron chi connectivity index (χ0n) is 15.2. The average molecular weight is 383 g/mol. The second-order valence-electron chi connectivity index (χ2n) is 5.89. The monoisotopic (exact) mass is 383 g/mol. The van der Waals surface area contributed by atoms with Crippen molar-refractivity contribution in [2.45, 2.75) is 31.9 Å². The number of phenols is 1. The summed E-state index contributed by atoms with van der Waals surface area (Å²) in [5.41, 5.74) is 3.60. The Balaban J connectivity index is 1.65. The Morgan fingerprint density at radius 2 is 1.78 bits per heavy atom. The van der Waals surface area contributed by atoms with Crippen molar-refractivity contribution in [3.63, 3.8) is 0 Å². The first-order valence-corrected chi connectivity index (χ1v) is 9.76. The van der Waals surface area contributed by atoms with Gasteiger partial charge in [0.1, 0.15) is 5.75 Å². The number of carbonyl (C=O) groups excluding carboxylic acids is 1. The summed E-state index contributed by atoms with van der Waals surface area (Å²) in [4.78, 5) is 12.4. The predicted molar refractivity (Wildman–Crippen MR) is 106 cm³/mol. The van der Waals surface area contributed by atoms with Crippen LogP contribution in [0.4, 0.5) is 5.69 Å². The molecule has 0 saturated carbocycles. The van der Waals surface area contributed by atoms with Crippen LogP contribution in [0.25, 0.3) is 11.5 Å². The van der Waals surface area contributed by atoms with E-state index in [4.69, 9.17) is 4.42 Å². The van der Waals surface area contributed by atoms with Crippen molar-refractivity contribution in [3.05, 3.63) is 53.6 Å². The van der Waals surface area contributed by atoms with E-state index >= 15 is 0 Å². The fourth-order valence-corrected chi connectivity index (χ4v) is 3.30. The Labute approximate surface area is 162 Å². The van der Waals surface area contributed by atoms with Crippen LogP contribution in [0.15, 0.2) is 52.1 Å². The molecule has 2 N–H and O–H groups in total. The molecule has 0 unspecified atom stereocenters. The standard InChI is InChI=1S/C20H21N3O3S/c1-3-13-8-7-9-14(4-2)18(13)21-17(25)12-27-20-23-22-19(26-20)15-10-5-6-11-16(15)24/h5-11,24H,3-4,12H2,1-2H3,(H,21,25). The molecule has 0 aliphatic rings. The molecule has 6 nitrogen and oxygen atoms in total. The summed E-state index contributed by atoms with van der Waals surface area (Å²) in [5.74, 6) is 0.320. The third-order valence-electron chi connectivity index (χ3n) is 4.13. The number of nitrogens with one attached hydrogen (secondary N) is 1. The number of benzene rings is 2. The molecule has 0 aliphatic heterocycles. The van der Waals surface area contributed by atoms with E-state index in [-0.39, 0.29) is 28.5 Å². The number of rotatable bonds is 7. The van der Waals surface area contributed by atoms with Gasteiger partial charge in [0.25, 0.3) is 11.1 Å². The number of thioether (sulfide) groups is 1. The van der Waals surface area contributed by atoms with Crippen molar-refractivity contribution in [2.75, 3.05) is 11.1 Å². The van der Waals surface area contributed by atoms with Gasteiger partial charge in [0.15, 0.2) is 0 Å². The Kier molecular flexibility index (Phi) is 6.13. The van der Waals surface area contributed by atoms with Gasteiger partial charge < -0.3 is 14.8 Å². The summed E-state index contributed by atoms with van der Waals surface area (Å²) in [5, 5.41) is 21.0. The first-order valence-electron chi connectivity index (χ1n) is 8.77. The van der Waals surface area contributed by atoms with Crippen LogP contribution in [0, 0.1) is 0 Å². The minimum atomic E-state index is -0.127. The van der Waals surface area contributed by atoms with E-state index in [9.17, 15) is 9.90 Å². The third-order valence-corrected chi connectivity index (χ3v) is 4.95. The molecule has 0 bridgehead atoms. The third kappa shape index (κ3) is 4.49. The maximum atomic E-state index is 12.4. The number of aryl methyl sites for hydroxylation is 2. The molecule has 3 rings (SSSR count). The topological polar surface area (TPSA) is 88.2 Å². The molecule has 140 valence electrons. The highest BCUT2D eigenvalue weighted by molar-refractivity contribution is 7.99. The lowest BCUT2D eigenvalue weighted by Crippen LogP contribution is -2.16. The molecular weight excluding hydrogens is 362 g/mol. The molecule has 0 atom stereocenters. The lowest BCUT2D eigenvalue weighted by atomic mass is 10.0. The van der Waals surface area contributed by atoms with Crippen molar-refractivity contribution in [1.29, 1.82) is 0 Å². The zero-order chi connectivity index (χ0) is 19.2. The van der Waals surface area contributed by atoms with Crippen molar-refractivity contribution >= 4 is 23.4 Å². The van der Waals surface area contributed by atoms with Crippen LogP contribution in [-0.2, 0) is 17.6 Å². The van der Waals surface area contributed by atoms with Gasteiger partial charge in [0, 0.05) is 5.69 Å². The van der Waals surface area contributed by atoms with Gasteiger partial charge >= 0.3 is 0 Å². The minimum Gasteiger partial charge on any atom is -0.507 e. The first kappa shape index (κ1) is 19.0. The Hall–Kier alpha value is -2.80. The van der Waals surface area contributed by atoms with Crippen molar-refractivity contribution in [2.24, 2.45) is 0 Å². The number of amides is 1. The molecule has 2 aromatic carbocycles. The van der Waals surface area contributed by atoms with Crippen LogP contribution in [0.2, 0.25) is 0 Å². The number of hydrogen-bond acceptors (Lipinski definition) is 6. The van der Waals surface area contributed by atoms with E-state index in [0.29, 0.717) is 5.56 Å². The number of anilines is 1. The second-order valence-corrected chi connectivity index (χ2v) is 6.81. The van der Waals surface area contributed by atoms with Gasteiger partial charge in [-0.3, -0.25) is 4.79 Å². The van der Waals surface area contributed by atoms with E-state index in [1.807, 2.05) is 18.2 Å².